The summed E-state index contributed by atoms with van der Waals surface area (Å²) >= 11 is 0. The van der Waals surface area contributed by atoms with Crippen LogP contribution in [0.15, 0.2) is 30.4 Å². The molecule has 0 amide bonds. The Balaban J connectivity index is 2.05. The maximum atomic E-state index is 12.5. The molecular formula is C20H22O5. The van der Waals surface area contributed by atoms with E-state index in [-0.39, 0.29) is 41.8 Å². The highest BCUT2D eigenvalue weighted by Crippen LogP contribution is 2.48. The van der Waals surface area contributed by atoms with Crippen molar-refractivity contribution in [3.63, 3.8) is 0 Å². The van der Waals surface area contributed by atoms with E-state index >= 15 is 0 Å². The van der Waals surface area contributed by atoms with Gasteiger partial charge < -0.3 is 14.9 Å². The number of carbonyl (C=O) groups excluding carboxylic acids is 2. The third-order valence-electron chi connectivity index (χ3n) is 4.46. The number of aromatic hydroxyl groups is 2. The van der Waals surface area contributed by atoms with Crippen molar-refractivity contribution in [2.75, 3.05) is 6.61 Å². The van der Waals surface area contributed by atoms with E-state index in [1.165, 1.54) is 12.1 Å². The topological polar surface area (TPSA) is 83.8 Å². The summed E-state index contributed by atoms with van der Waals surface area (Å²) in [5, 5.41) is 20.5. The lowest BCUT2D eigenvalue weighted by atomic mass is 9.91. The van der Waals surface area contributed by atoms with Crippen LogP contribution < -0.4 is 0 Å². The molecule has 0 aromatic heterocycles. The van der Waals surface area contributed by atoms with E-state index in [1.54, 1.807) is 0 Å². The van der Waals surface area contributed by atoms with Crippen LogP contribution in [0.2, 0.25) is 0 Å². The molecule has 5 nitrogen and oxygen atoms in total. The van der Waals surface area contributed by atoms with E-state index in [0.717, 1.165) is 25.7 Å². The molecule has 0 unspecified atom stereocenters. The fourth-order valence-corrected chi connectivity index (χ4v) is 3.13. The number of esters is 1. The van der Waals surface area contributed by atoms with Crippen molar-refractivity contribution < 1.29 is 24.5 Å². The average molecular weight is 342 g/mol. The SMILES string of the molecule is O=C1/C=C/CC/C=C/CCOC(=O)c2c(O)cc(O)c(C3CC3)c2C1. The summed E-state index contributed by atoms with van der Waals surface area (Å²) in [5.74, 6) is -1.10. The number of ketones is 1. The van der Waals surface area contributed by atoms with Gasteiger partial charge in [-0.15, -0.1) is 0 Å². The number of phenols is 2. The van der Waals surface area contributed by atoms with Gasteiger partial charge in [-0.25, -0.2) is 4.79 Å². The third kappa shape index (κ3) is 4.10. The minimum Gasteiger partial charge on any atom is -0.508 e. The van der Waals surface area contributed by atoms with Crippen molar-refractivity contribution >= 4 is 11.8 Å². The number of rotatable bonds is 1. The van der Waals surface area contributed by atoms with E-state index < -0.39 is 5.97 Å². The molecule has 2 N–H and O–H groups in total. The number of cyclic esters (lactones) is 1. The molecule has 132 valence electrons. The van der Waals surface area contributed by atoms with Gasteiger partial charge in [0.1, 0.15) is 17.1 Å². The van der Waals surface area contributed by atoms with Crippen LogP contribution >= 0.6 is 0 Å². The van der Waals surface area contributed by atoms with E-state index in [4.69, 9.17) is 4.74 Å². The number of benzene rings is 1. The maximum Gasteiger partial charge on any atom is 0.342 e. The van der Waals surface area contributed by atoms with Gasteiger partial charge in [-0.1, -0.05) is 18.2 Å². The number of hydrogen-bond donors (Lipinski definition) is 2. The van der Waals surface area contributed by atoms with Gasteiger partial charge in [0.2, 0.25) is 0 Å². The van der Waals surface area contributed by atoms with Gasteiger partial charge in [0.15, 0.2) is 5.78 Å². The summed E-state index contributed by atoms with van der Waals surface area (Å²) < 4.78 is 5.26. The molecule has 1 aromatic rings. The predicted molar refractivity (Wildman–Crippen MR) is 92.9 cm³/mol. The monoisotopic (exact) mass is 342 g/mol. The van der Waals surface area contributed by atoms with Crippen molar-refractivity contribution in [3.8, 4) is 11.5 Å². The Morgan fingerprint density at radius 1 is 0.960 bits per heavy atom. The highest BCUT2D eigenvalue weighted by atomic mass is 16.5. The van der Waals surface area contributed by atoms with Crippen LogP contribution in [0.25, 0.3) is 0 Å². The predicted octanol–water partition coefficient (Wildman–Crippen LogP) is 3.54. The molecule has 0 spiro atoms. The molecule has 5 heteroatoms. The molecule has 0 atom stereocenters. The Morgan fingerprint density at radius 2 is 1.68 bits per heavy atom. The molecular weight excluding hydrogens is 320 g/mol. The molecule has 2 aliphatic rings. The quantitative estimate of drug-likeness (QED) is 0.602. The Bertz CT molecular complexity index is 741. The highest BCUT2D eigenvalue weighted by molar-refractivity contribution is 5.99. The number of hydrogen-bond acceptors (Lipinski definition) is 5. The fraction of sp³-hybridized carbons (Fsp3) is 0.400. The first-order valence-electron chi connectivity index (χ1n) is 8.67. The number of phenolic OH excluding ortho intramolecular Hbond substituents is 2. The molecule has 0 bridgehead atoms. The normalized spacial score (nSPS) is 21.8. The largest absolute Gasteiger partial charge is 0.508 e. The Hall–Kier alpha value is -2.56. The Morgan fingerprint density at radius 3 is 2.44 bits per heavy atom. The molecule has 1 fully saturated rings. The van der Waals surface area contributed by atoms with Gasteiger partial charge in [0.05, 0.1) is 6.61 Å². The first kappa shape index (κ1) is 17.3. The molecule has 25 heavy (non-hydrogen) atoms. The van der Waals surface area contributed by atoms with Crippen molar-refractivity contribution in [2.24, 2.45) is 0 Å². The van der Waals surface area contributed by atoms with Crippen molar-refractivity contribution in [3.05, 3.63) is 47.1 Å². The summed E-state index contributed by atoms with van der Waals surface area (Å²) in [4.78, 5) is 24.8. The first-order chi connectivity index (χ1) is 12.1. The summed E-state index contributed by atoms with van der Waals surface area (Å²) in [6, 6.07) is 1.18. The van der Waals surface area contributed by atoms with E-state index in [0.29, 0.717) is 17.5 Å². The zero-order valence-corrected chi connectivity index (χ0v) is 14.0. The molecule has 1 aliphatic carbocycles. The van der Waals surface area contributed by atoms with Crippen molar-refractivity contribution in [1.29, 1.82) is 0 Å². The van der Waals surface area contributed by atoms with Gasteiger partial charge in [-0.3, -0.25) is 4.79 Å². The number of allylic oxidation sites excluding steroid dienone is 3. The molecule has 0 radical (unpaired) electrons. The van der Waals surface area contributed by atoms with E-state index in [1.807, 2.05) is 18.2 Å². The third-order valence-corrected chi connectivity index (χ3v) is 4.46. The summed E-state index contributed by atoms with van der Waals surface area (Å²) in [5.41, 5.74) is 0.994. The highest BCUT2D eigenvalue weighted by Gasteiger charge is 2.34. The van der Waals surface area contributed by atoms with Gasteiger partial charge in [-0.2, -0.15) is 0 Å². The molecule has 1 heterocycles. The molecule has 1 saturated carbocycles. The summed E-state index contributed by atoms with van der Waals surface area (Å²) in [7, 11) is 0. The molecule has 1 aromatic carbocycles. The second-order valence-electron chi connectivity index (χ2n) is 6.48. The second-order valence-corrected chi connectivity index (χ2v) is 6.48. The fourth-order valence-electron chi connectivity index (χ4n) is 3.13. The van der Waals surface area contributed by atoms with Crippen LogP contribution in [-0.4, -0.2) is 28.6 Å². The van der Waals surface area contributed by atoms with Gasteiger partial charge in [-0.05, 0) is 49.7 Å². The lowest BCUT2D eigenvalue weighted by molar-refractivity contribution is -0.114. The Kier molecular flexibility index (Phi) is 5.22. The number of fused-ring (bicyclic) bond motifs is 1. The zero-order chi connectivity index (χ0) is 17.8. The van der Waals surface area contributed by atoms with E-state index in [9.17, 15) is 19.8 Å². The first-order valence-corrected chi connectivity index (χ1v) is 8.67. The summed E-state index contributed by atoms with van der Waals surface area (Å²) in [6.45, 7) is 0.206. The maximum absolute atomic E-state index is 12.5. The second kappa shape index (κ2) is 7.55. The van der Waals surface area contributed by atoms with Crippen molar-refractivity contribution in [2.45, 2.75) is 44.4 Å². The van der Waals surface area contributed by atoms with Crippen LogP contribution in [0.4, 0.5) is 0 Å². The standard InChI is InChI=1S/C20H22O5/c21-14-7-5-3-1-2-4-6-10-25-20(24)19-15(11-14)18(13-8-9-13)16(22)12-17(19)23/h2,4-5,7,12-13,22-23H,1,3,6,8-11H2/b4-2+,7-5+. The van der Waals surface area contributed by atoms with Crippen LogP contribution in [0.3, 0.4) is 0 Å². The van der Waals surface area contributed by atoms with Crippen LogP contribution in [0.5, 0.6) is 11.5 Å². The molecule has 1 aliphatic heterocycles. The van der Waals surface area contributed by atoms with Crippen molar-refractivity contribution in [1.82, 2.24) is 0 Å². The Labute approximate surface area is 146 Å². The van der Waals surface area contributed by atoms with Crippen LogP contribution in [0, 0.1) is 0 Å². The van der Waals surface area contributed by atoms with E-state index in [2.05, 4.69) is 0 Å². The molecule has 0 saturated heterocycles. The smallest absolute Gasteiger partial charge is 0.342 e. The lowest BCUT2D eigenvalue weighted by Crippen LogP contribution is -2.14. The number of carbonyl (C=O) groups is 2. The summed E-state index contributed by atoms with van der Waals surface area (Å²) in [6.07, 6.45) is 11.2. The van der Waals surface area contributed by atoms with Crippen LogP contribution in [-0.2, 0) is 16.0 Å². The lowest BCUT2D eigenvalue weighted by Gasteiger charge is -2.16. The minimum atomic E-state index is -0.656. The average Bonchev–Trinajstić information content (AvgIpc) is 3.37. The van der Waals surface area contributed by atoms with Gasteiger partial charge >= 0.3 is 5.97 Å². The van der Waals surface area contributed by atoms with Gasteiger partial charge in [0, 0.05) is 18.1 Å². The molecule has 3 rings (SSSR count). The zero-order valence-electron chi connectivity index (χ0n) is 14.0. The van der Waals surface area contributed by atoms with Gasteiger partial charge in [0.25, 0.3) is 0 Å². The number of ether oxygens (including phenoxy) is 1. The minimum absolute atomic E-state index is 0.00230. The van der Waals surface area contributed by atoms with Crippen LogP contribution in [0.1, 0.15) is 59.5 Å².